The van der Waals surface area contributed by atoms with E-state index in [-0.39, 0.29) is 0 Å². The highest BCUT2D eigenvalue weighted by atomic mass is 16.1. The molecule has 0 saturated carbocycles. The molecule has 1 atom stereocenters. The van der Waals surface area contributed by atoms with E-state index in [1.54, 1.807) is 18.2 Å². The number of isocyanates is 1. The van der Waals surface area contributed by atoms with E-state index >= 15 is 0 Å². The lowest BCUT2D eigenvalue weighted by molar-refractivity contribution is 0.561. The van der Waals surface area contributed by atoms with Gasteiger partial charge in [-0.25, -0.2) is 4.79 Å². The van der Waals surface area contributed by atoms with E-state index < -0.39 is 6.04 Å². The average Bonchev–Trinajstić information content (AvgIpc) is 2.26. The van der Waals surface area contributed by atoms with E-state index in [4.69, 9.17) is 10.5 Å². The Balaban J connectivity index is 3.13. The summed E-state index contributed by atoms with van der Waals surface area (Å²) in [6, 6.07) is 9.30. The van der Waals surface area contributed by atoms with Crippen molar-refractivity contribution in [1.82, 2.24) is 0 Å². The fourth-order valence-corrected chi connectivity index (χ4v) is 1.01. The van der Waals surface area contributed by atoms with Crippen LogP contribution in [0.15, 0.2) is 29.3 Å². The minimum Gasteiger partial charge on any atom is -0.211 e. The van der Waals surface area contributed by atoms with Crippen LogP contribution in [0.4, 0.5) is 0 Å². The van der Waals surface area contributed by atoms with Crippen LogP contribution in [0.5, 0.6) is 0 Å². The zero-order valence-electron chi connectivity index (χ0n) is 7.14. The van der Waals surface area contributed by atoms with Crippen LogP contribution in [0, 0.1) is 22.7 Å². The van der Waals surface area contributed by atoms with Gasteiger partial charge >= 0.3 is 0 Å². The highest BCUT2D eigenvalue weighted by molar-refractivity contribution is 5.40. The maximum atomic E-state index is 9.99. The second kappa shape index (κ2) is 4.57. The first-order valence-corrected chi connectivity index (χ1v) is 3.78. The summed E-state index contributed by atoms with van der Waals surface area (Å²) < 4.78 is 0. The molecule has 14 heavy (non-hydrogen) atoms. The average molecular weight is 183 g/mol. The number of rotatable bonds is 2. The summed E-state index contributed by atoms with van der Waals surface area (Å²) in [6.45, 7) is 0. The topological polar surface area (TPSA) is 77.0 Å². The van der Waals surface area contributed by atoms with Crippen LogP contribution in [0.1, 0.15) is 17.2 Å². The van der Waals surface area contributed by atoms with Gasteiger partial charge in [-0.3, -0.25) is 0 Å². The molecule has 0 saturated heterocycles. The number of aliphatic imine (C=N–C) groups is 1. The molecule has 0 aliphatic rings. The first-order chi connectivity index (χ1) is 6.81. The van der Waals surface area contributed by atoms with Crippen molar-refractivity contribution in [2.45, 2.75) is 6.04 Å². The first-order valence-electron chi connectivity index (χ1n) is 3.78. The van der Waals surface area contributed by atoms with Crippen molar-refractivity contribution in [3.63, 3.8) is 0 Å². The number of nitrogens with zero attached hydrogens (tertiary/aromatic N) is 3. The van der Waals surface area contributed by atoms with Crippen molar-refractivity contribution >= 4 is 6.08 Å². The zero-order chi connectivity index (χ0) is 10.4. The number of hydrogen-bond acceptors (Lipinski definition) is 4. The van der Waals surface area contributed by atoms with E-state index in [1.165, 1.54) is 12.1 Å². The third-order valence-electron chi connectivity index (χ3n) is 1.64. The summed E-state index contributed by atoms with van der Waals surface area (Å²) in [5, 5.41) is 17.3. The third-order valence-corrected chi connectivity index (χ3v) is 1.64. The smallest absolute Gasteiger partial charge is 0.211 e. The van der Waals surface area contributed by atoms with Crippen LogP contribution < -0.4 is 0 Å². The Morgan fingerprint density at radius 1 is 1.36 bits per heavy atom. The van der Waals surface area contributed by atoms with Crippen molar-refractivity contribution < 1.29 is 4.79 Å². The van der Waals surface area contributed by atoms with Crippen molar-refractivity contribution in [3.8, 4) is 12.1 Å². The minimum atomic E-state index is -0.874. The largest absolute Gasteiger partial charge is 0.236 e. The predicted octanol–water partition coefficient (Wildman–Crippen LogP) is 1.46. The van der Waals surface area contributed by atoms with E-state index in [9.17, 15) is 4.79 Å². The quantitative estimate of drug-likeness (QED) is 0.514. The summed E-state index contributed by atoms with van der Waals surface area (Å²) >= 11 is 0. The summed E-state index contributed by atoms with van der Waals surface area (Å²) in [5.41, 5.74) is 0.957. The Bertz CT molecular complexity index is 461. The van der Waals surface area contributed by atoms with Gasteiger partial charge < -0.3 is 0 Å². The molecule has 1 aromatic carbocycles. The standard InChI is InChI=1S/C10H5N3O/c11-5-8-2-1-3-9(4-8)10(6-12)13-7-14/h1-4,10H. The summed E-state index contributed by atoms with van der Waals surface area (Å²) in [4.78, 5) is 13.3. The Labute approximate surface area is 80.7 Å². The van der Waals surface area contributed by atoms with E-state index in [0.717, 1.165) is 0 Å². The van der Waals surface area contributed by atoms with Crippen LogP contribution in [0.25, 0.3) is 0 Å². The van der Waals surface area contributed by atoms with Gasteiger partial charge in [-0.05, 0) is 17.7 Å². The number of nitriles is 2. The van der Waals surface area contributed by atoms with Gasteiger partial charge in [-0.15, -0.1) is 0 Å². The van der Waals surface area contributed by atoms with Crippen LogP contribution in [0.2, 0.25) is 0 Å². The van der Waals surface area contributed by atoms with Crippen molar-refractivity contribution in [1.29, 1.82) is 10.5 Å². The zero-order valence-corrected chi connectivity index (χ0v) is 7.14. The predicted molar refractivity (Wildman–Crippen MR) is 47.6 cm³/mol. The van der Waals surface area contributed by atoms with Gasteiger partial charge in [0, 0.05) is 0 Å². The molecule has 1 unspecified atom stereocenters. The van der Waals surface area contributed by atoms with Crippen LogP contribution >= 0.6 is 0 Å². The second-order valence-corrected chi connectivity index (χ2v) is 2.49. The molecule has 0 radical (unpaired) electrons. The van der Waals surface area contributed by atoms with E-state index in [0.29, 0.717) is 11.1 Å². The maximum Gasteiger partial charge on any atom is 0.236 e. The normalized spacial score (nSPS) is 10.4. The SMILES string of the molecule is N#Cc1cccc(C(C#N)N=C=O)c1. The van der Waals surface area contributed by atoms with E-state index in [2.05, 4.69) is 4.99 Å². The molecule has 4 nitrogen and oxygen atoms in total. The lowest BCUT2D eigenvalue weighted by atomic mass is 10.1. The fourth-order valence-electron chi connectivity index (χ4n) is 1.01. The lowest BCUT2D eigenvalue weighted by Crippen LogP contribution is -1.91. The highest BCUT2D eigenvalue weighted by Crippen LogP contribution is 2.16. The van der Waals surface area contributed by atoms with Crippen molar-refractivity contribution in [3.05, 3.63) is 35.4 Å². The molecule has 0 aliphatic heterocycles. The van der Waals surface area contributed by atoms with Gasteiger partial charge in [0.05, 0.1) is 17.7 Å². The summed E-state index contributed by atoms with van der Waals surface area (Å²) in [6.07, 6.45) is 1.32. The van der Waals surface area contributed by atoms with Gasteiger partial charge in [-0.2, -0.15) is 15.5 Å². The molecule has 1 rings (SSSR count). The summed E-state index contributed by atoms with van der Waals surface area (Å²) in [7, 11) is 0. The number of carbonyl (C=O) groups excluding carboxylic acids is 1. The minimum absolute atomic E-state index is 0.434. The van der Waals surface area contributed by atoms with E-state index in [1.807, 2.05) is 12.1 Å². The Hall–Kier alpha value is -2.42. The monoisotopic (exact) mass is 183 g/mol. The molecular formula is C10H5N3O. The fraction of sp³-hybridized carbons (Fsp3) is 0.100. The van der Waals surface area contributed by atoms with Crippen LogP contribution in [-0.4, -0.2) is 6.08 Å². The Morgan fingerprint density at radius 2 is 2.14 bits per heavy atom. The second-order valence-electron chi connectivity index (χ2n) is 2.49. The molecule has 0 aromatic heterocycles. The molecule has 0 N–H and O–H groups in total. The first kappa shape index (κ1) is 9.67. The molecular weight excluding hydrogens is 178 g/mol. The maximum absolute atomic E-state index is 9.99. The van der Waals surface area contributed by atoms with Gasteiger partial charge in [0.2, 0.25) is 6.08 Å². The van der Waals surface area contributed by atoms with Gasteiger partial charge in [-0.1, -0.05) is 12.1 Å². The lowest BCUT2D eigenvalue weighted by Gasteiger charge is -2.00. The molecule has 1 aromatic rings. The number of hydrogen-bond donors (Lipinski definition) is 0. The van der Waals surface area contributed by atoms with Crippen molar-refractivity contribution in [2.75, 3.05) is 0 Å². The Morgan fingerprint density at radius 3 is 2.71 bits per heavy atom. The molecule has 0 bridgehead atoms. The molecule has 0 spiro atoms. The van der Waals surface area contributed by atoms with Crippen molar-refractivity contribution in [2.24, 2.45) is 4.99 Å². The van der Waals surface area contributed by atoms with Gasteiger partial charge in [0.15, 0.2) is 6.04 Å². The van der Waals surface area contributed by atoms with Crippen LogP contribution in [-0.2, 0) is 4.79 Å². The van der Waals surface area contributed by atoms with Crippen LogP contribution in [0.3, 0.4) is 0 Å². The number of benzene rings is 1. The summed E-state index contributed by atoms with van der Waals surface area (Å²) in [5.74, 6) is 0. The molecule has 0 fully saturated rings. The van der Waals surface area contributed by atoms with Gasteiger partial charge in [0.25, 0.3) is 0 Å². The molecule has 0 aliphatic carbocycles. The molecule has 66 valence electrons. The van der Waals surface area contributed by atoms with Gasteiger partial charge in [0.1, 0.15) is 0 Å². The third kappa shape index (κ3) is 2.04. The molecule has 0 amide bonds. The highest BCUT2D eigenvalue weighted by Gasteiger charge is 2.08. The molecule has 0 heterocycles. The Kier molecular flexibility index (Phi) is 3.15. The molecule has 4 heteroatoms.